The maximum atomic E-state index is 14.3. The molecule has 1 aliphatic carbocycles. The Bertz CT molecular complexity index is 1510. The van der Waals surface area contributed by atoms with Crippen molar-refractivity contribution in [1.29, 1.82) is 0 Å². The zero-order valence-corrected chi connectivity index (χ0v) is 19.3. The molecule has 5 nitrogen and oxygen atoms in total. The summed E-state index contributed by atoms with van der Waals surface area (Å²) >= 11 is 0. The van der Waals surface area contributed by atoms with E-state index in [2.05, 4.69) is 51.7 Å². The third-order valence-corrected chi connectivity index (χ3v) is 7.26. The van der Waals surface area contributed by atoms with Crippen molar-refractivity contribution in [1.82, 2.24) is 14.5 Å². The summed E-state index contributed by atoms with van der Waals surface area (Å²) in [7, 11) is 0. The number of aromatic nitrogens is 3. The molecule has 2 aromatic heterocycles. The lowest BCUT2D eigenvalue weighted by molar-refractivity contribution is 0.623. The van der Waals surface area contributed by atoms with Crippen LogP contribution in [0.4, 0.5) is 10.2 Å². The lowest BCUT2D eigenvalue weighted by atomic mass is 9.96. The van der Waals surface area contributed by atoms with Crippen LogP contribution in [0.15, 0.2) is 65.7 Å². The molecule has 1 unspecified atom stereocenters. The van der Waals surface area contributed by atoms with Crippen molar-refractivity contribution in [2.24, 2.45) is 4.99 Å². The van der Waals surface area contributed by atoms with Gasteiger partial charge in [-0.25, -0.2) is 14.4 Å². The maximum Gasteiger partial charge on any atom is 0.146 e. The molecule has 34 heavy (non-hydrogen) atoms. The number of allylic oxidation sites excluding steroid dienone is 1. The first-order chi connectivity index (χ1) is 16.5. The van der Waals surface area contributed by atoms with E-state index in [1.165, 1.54) is 41.1 Å². The first-order valence-electron chi connectivity index (χ1n) is 11.8. The fraction of sp³-hybridized carbons (Fsp3) is 0.250. The number of halogens is 1. The van der Waals surface area contributed by atoms with Crippen LogP contribution < -0.4 is 5.73 Å². The molecular weight excluding hydrogens is 425 g/mol. The van der Waals surface area contributed by atoms with E-state index in [9.17, 15) is 4.39 Å². The highest BCUT2D eigenvalue weighted by Gasteiger charge is 2.25. The van der Waals surface area contributed by atoms with Gasteiger partial charge < -0.3 is 10.3 Å². The standard InChI is InChI=1S/C28H26FN5/c1-16-10-18-6-5-7-19(18)11-22(16)23-14-34(28-26(23)27(30)32-15-33-28)17(2)20-12-25(31-13-20)21-8-3-4-9-24(21)29/h3-4,8-11,13-15,17H,5-7,12H2,1-2H3,(H2,30,32,33). The molecule has 0 radical (unpaired) electrons. The van der Waals surface area contributed by atoms with Crippen molar-refractivity contribution in [2.75, 3.05) is 5.73 Å². The van der Waals surface area contributed by atoms with Crippen LogP contribution in [-0.2, 0) is 12.8 Å². The number of benzene rings is 2. The topological polar surface area (TPSA) is 69.1 Å². The summed E-state index contributed by atoms with van der Waals surface area (Å²) in [6.07, 6.45) is 9.60. The minimum Gasteiger partial charge on any atom is -0.383 e. The number of fused-ring (bicyclic) bond motifs is 2. The molecule has 0 amide bonds. The second-order valence-electron chi connectivity index (χ2n) is 9.31. The second-order valence-corrected chi connectivity index (χ2v) is 9.31. The molecule has 0 fully saturated rings. The van der Waals surface area contributed by atoms with Gasteiger partial charge in [-0.15, -0.1) is 0 Å². The Labute approximate surface area is 197 Å². The monoisotopic (exact) mass is 451 g/mol. The van der Waals surface area contributed by atoms with Gasteiger partial charge in [0.05, 0.1) is 17.1 Å². The smallest absolute Gasteiger partial charge is 0.146 e. The van der Waals surface area contributed by atoms with Gasteiger partial charge in [-0.05, 0) is 67.0 Å². The van der Waals surface area contributed by atoms with Gasteiger partial charge >= 0.3 is 0 Å². The summed E-state index contributed by atoms with van der Waals surface area (Å²) in [5, 5.41) is 0.879. The zero-order chi connectivity index (χ0) is 23.4. The van der Waals surface area contributed by atoms with E-state index in [-0.39, 0.29) is 11.9 Å². The Hall–Kier alpha value is -3.80. The number of aliphatic imine (C=N–C) groups is 1. The van der Waals surface area contributed by atoms with Crippen LogP contribution in [-0.4, -0.2) is 20.2 Å². The van der Waals surface area contributed by atoms with Gasteiger partial charge in [-0.1, -0.05) is 30.3 Å². The maximum absolute atomic E-state index is 14.3. The van der Waals surface area contributed by atoms with Gasteiger partial charge in [-0.2, -0.15) is 0 Å². The quantitative estimate of drug-likeness (QED) is 0.417. The highest BCUT2D eigenvalue weighted by atomic mass is 19.1. The first-order valence-corrected chi connectivity index (χ1v) is 11.8. The van der Waals surface area contributed by atoms with Crippen molar-refractivity contribution in [2.45, 2.75) is 45.6 Å². The van der Waals surface area contributed by atoms with Crippen LogP contribution in [0.5, 0.6) is 0 Å². The lowest BCUT2D eigenvalue weighted by Gasteiger charge is -2.16. The predicted molar refractivity (Wildman–Crippen MR) is 134 cm³/mol. The van der Waals surface area contributed by atoms with Crippen LogP contribution in [0.1, 0.15) is 48.1 Å². The van der Waals surface area contributed by atoms with Crippen molar-refractivity contribution >= 4 is 22.6 Å². The van der Waals surface area contributed by atoms with Crippen LogP contribution in [0.3, 0.4) is 0 Å². The summed E-state index contributed by atoms with van der Waals surface area (Å²) in [6, 6.07) is 11.4. The highest BCUT2D eigenvalue weighted by Crippen LogP contribution is 2.40. The van der Waals surface area contributed by atoms with Crippen LogP contribution >= 0.6 is 0 Å². The van der Waals surface area contributed by atoms with E-state index in [4.69, 9.17) is 5.73 Å². The van der Waals surface area contributed by atoms with Crippen molar-refractivity contribution < 1.29 is 4.39 Å². The van der Waals surface area contributed by atoms with Gasteiger partial charge in [-0.3, -0.25) is 4.99 Å². The number of nitrogens with two attached hydrogens (primary N) is 1. The molecule has 6 rings (SSSR count). The molecule has 2 aromatic carbocycles. The molecule has 1 atom stereocenters. The summed E-state index contributed by atoms with van der Waals surface area (Å²) < 4.78 is 16.5. The Morgan fingerprint density at radius 1 is 1.03 bits per heavy atom. The fourth-order valence-corrected chi connectivity index (χ4v) is 5.38. The zero-order valence-electron chi connectivity index (χ0n) is 19.3. The van der Waals surface area contributed by atoms with E-state index >= 15 is 0 Å². The molecule has 2 aliphatic rings. The minimum atomic E-state index is -0.246. The molecular formula is C28H26FN5. The molecule has 170 valence electrons. The molecule has 6 heteroatoms. The molecule has 0 saturated carbocycles. The number of rotatable bonds is 4. The summed E-state index contributed by atoms with van der Waals surface area (Å²) in [6.45, 7) is 4.29. The number of nitrogen functional groups attached to an aromatic ring is 1. The van der Waals surface area contributed by atoms with Crippen LogP contribution in [0.2, 0.25) is 0 Å². The van der Waals surface area contributed by atoms with Crippen LogP contribution in [0.25, 0.3) is 22.2 Å². The van der Waals surface area contributed by atoms with Gasteiger partial charge in [0.2, 0.25) is 0 Å². The summed E-state index contributed by atoms with van der Waals surface area (Å²) in [5.41, 5.74) is 16.0. The summed E-state index contributed by atoms with van der Waals surface area (Å²) in [4.78, 5) is 13.5. The Morgan fingerprint density at radius 2 is 1.82 bits per heavy atom. The molecule has 1 aliphatic heterocycles. The van der Waals surface area contributed by atoms with Crippen molar-refractivity contribution in [3.63, 3.8) is 0 Å². The molecule has 0 saturated heterocycles. The largest absolute Gasteiger partial charge is 0.383 e. The molecule has 0 bridgehead atoms. The number of aryl methyl sites for hydroxylation is 3. The van der Waals surface area contributed by atoms with Crippen LogP contribution in [0, 0.1) is 12.7 Å². The second kappa shape index (κ2) is 7.90. The fourth-order valence-electron chi connectivity index (χ4n) is 5.38. The van der Waals surface area contributed by atoms with Gasteiger partial charge in [0.15, 0.2) is 0 Å². The predicted octanol–water partition coefficient (Wildman–Crippen LogP) is 5.95. The summed E-state index contributed by atoms with van der Waals surface area (Å²) in [5.74, 6) is 0.236. The van der Waals surface area contributed by atoms with E-state index in [1.807, 2.05) is 12.3 Å². The lowest BCUT2D eigenvalue weighted by Crippen LogP contribution is -2.10. The first kappa shape index (κ1) is 20.8. The Morgan fingerprint density at radius 3 is 2.65 bits per heavy atom. The van der Waals surface area contributed by atoms with E-state index in [1.54, 1.807) is 12.1 Å². The third kappa shape index (κ3) is 3.24. The number of nitrogens with zero attached hydrogens (tertiary/aromatic N) is 4. The average Bonchev–Trinajstić information content (AvgIpc) is 3.57. The van der Waals surface area contributed by atoms with Gasteiger partial charge in [0.25, 0.3) is 0 Å². The highest BCUT2D eigenvalue weighted by molar-refractivity contribution is 6.04. The SMILES string of the molecule is Cc1cc2c(cc1-c1cn(C(C)C3=CN=C(c4ccccc4F)C3)c3ncnc(N)c13)CCC2. The normalized spacial score (nSPS) is 16.0. The molecule has 0 spiro atoms. The van der Waals surface area contributed by atoms with E-state index < -0.39 is 0 Å². The Balaban J connectivity index is 1.41. The van der Waals surface area contributed by atoms with Crippen molar-refractivity contribution in [3.8, 4) is 11.1 Å². The number of hydrogen-bond acceptors (Lipinski definition) is 4. The van der Waals surface area contributed by atoms with Crippen molar-refractivity contribution in [3.05, 3.63) is 88.8 Å². The van der Waals surface area contributed by atoms with E-state index in [0.717, 1.165) is 40.7 Å². The molecule has 2 N–H and O–H groups in total. The minimum absolute atomic E-state index is 0.0201. The Kier molecular flexibility index (Phi) is 4.83. The third-order valence-electron chi connectivity index (χ3n) is 7.26. The van der Waals surface area contributed by atoms with Gasteiger partial charge in [0, 0.05) is 29.9 Å². The van der Waals surface area contributed by atoms with Gasteiger partial charge in [0.1, 0.15) is 23.6 Å². The molecule has 3 heterocycles. The average molecular weight is 452 g/mol. The van der Waals surface area contributed by atoms with E-state index in [0.29, 0.717) is 17.8 Å². The molecule has 4 aromatic rings. The number of anilines is 1. The number of hydrogen-bond donors (Lipinski definition) is 1.